The van der Waals surface area contributed by atoms with Crippen molar-refractivity contribution in [2.75, 3.05) is 13.2 Å². The lowest BCUT2D eigenvalue weighted by molar-refractivity contribution is 0.0936. The number of aryl methyl sites for hydroxylation is 2. The maximum absolute atomic E-state index is 12.0. The first-order valence-electron chi connectivity index (χ1n) is 6.96. The Morgan fingerprint density at radius 2 is 2.10 bits per heavy atom. The number of carbonyl (C=O) groups is 1. The summed E-state index contributed by atoms with van der Waals surface area (Å²) in [7, 11) is 0. The number of aliphatic hydroxyl groups is 1. The molecule has 3 N–H and O–H groups in total. The van der Waals surface area contributed by atoms with Crippen LogP contribution in [0.15, 0.2) is 4.79 Å². The lowest BCUT2D eigenvalue weighted by Crippen LogP contribution is -2.35. The highest BCUT2D eigenvalue weighted by molar-refractivity contribution is 5.91. The van der Waals surface area contributed by atoms with Gasteiger partial charge < -0.3 is 15.4 Å². The molecule has 1 atom stereocenters. The van der Waals surface area contributed by atoms with Crippen LogP contribution in [0.3, 0.4) is 0 Å². The van der Waals surface area contributed by atoms with Crippen molar-refractivity contribution < 1.29 is 9.90 Å². The van der Waals surface area contributed by atoms with E-state index in [0.717, 1.165) is 12.8 Å². The molecule has 0 aliphatic heterocycles. The van der Waals surface area contributed by atoms with E-state index in [1.807, 2.05) is 0 Å². The minimum absolute atomic E-state index is 0.100. The summed E-state index contributed by atoms with van der Waals surface area (Å²) < 4.78 is 0. The predicted octanol–water partition coefficient (Wildman–Crippen LogP) is 0.915. The Kier molecular flexibility index (Phi) is 6.38. The third kappa shape index (κ3) is 4.45. The van der Waals surface area contributed by atoms with Gasteiger partial charge in [-0.1, -0.05) is 13.3 Å². The van der Waals surface area contributed by atoms with Crippen LogP contribution in [0.5, 0.6) is 0 Å². The van der Waals surface area contributed by atoms with Gasteiger partial charge in [0.2, 0.25) is 0 Å². The lowest BCUT2D eigenvalue weighted by Gasteiger charge is -2.15. The van der Waals surface area contributed by atoms with E-state index in [0.29, 0.717) is 24.4 Å². The molecule has 0 aromatic carbocycles. The molecule has 6 nitrogen and oxygen atoms in total. The molecule has 112 valence electrons. The van der Waals surface area contributed by atoms with Crippen LogP contribution in [0.2, 0.25) is 0 Å². The van der Waals surface area contributed by atoms with Gasteiger partial charge in [0.15, 0.2) is 5.69 Å². The summed E-state index contributed by atoms with van der Waals surface area (Å²) >= 11 is 0. The summed E-state index contributed by atoms with van der Waals surface area (Å²) in [5, 5.41) is 11.7. The molecule has 1 amide bonds. The number of carbonyl (C=O) groups excluding carboxylic acids is 1. The number of hydrogen-bond acceptors (Lipinski definition) is 4. The highest BCUT2D eigenvalue weighted by Crippen LogP contribution is 2.09. The number of aliphatic hydroxyl groups excluding tert-OH is 1. The Balaban J connectivity index is 2.71. The van der Waals surface area contributed by atoms with Gasteiger partial charge in [-0.05, 0) is 32.6 Å². The van der Waals surface area contributed by atoms with Crippen molar-refractivity contribution >= 4 is 5.91 Å². The van der Waals surface area contributed by atoms with Crippen LogP contribution in [-0.4, -0.2) is 34.1 Å². The topological polar surface area (TPSA) is 95.1 Å². The molecular formula is C14H23N3O3. The standard InChI is InChI=1S/C14H23N3O3/c1-4-5-11(6-7-18)8-15-13(19)12-14(20)17-10(3)9(2)16-12/h11,18H,4-8H2,1-3H3,(H,15,19)(H,17,20). The Morgan fingerprint density at radius 3 is 2.70 bits per heavy atom. The van der Waals surface area contributed by atoms with E-state index >= 15 is 0 Å². The average molecular weight is 281 g/mol. The van der Waals surface area contributed by atoms with E-state index in [2.05, 4.69) is 22.2 Å². The maximum atomic E-state index is 12.0. The number of nitrogens with zero attached hydrogens (tertiary/aromatic N) is 1. The lowest BCUT2D eigenvalue weighted by atomic mass is 10.0. The number of H-pyrrole nitrogens is 1. The van der Waals surface area contributed by atoms with Gasteiger partial charge in [-0.3, -0.25) is 9.59 Å². The molecule has 0 fully saturated rings. The Hall–Kier alpha value is -1.69. The molecule has 0 aliphatic rings. The zero-order chi connectivity index (χ0) is 15.1. The molecule has 0 saturated heterocycles. The second-order valence-electron chi connectivity index (χ2n) is 5.00. The van der Waals surface area contributed by atoms with E-state index < -0.39 is 11.5 Å². The number of amides is 1. The molecule has 6 heteroatoms. The molecule has 0 spiro atoms. The maximum Gasteiger partial charge on any atom is 0.279 e. The Labute approximate surface area is 118 Å². The third-order valence-corrected chi connectivity index (χ3v) is 3.34. The zero-order valence-corrected chi connectivity index (χ0v) is 12.3. The van der Waals surface area contributed by atoms with Crippen LogP contribution in [0.25, 0.3) is 0 Å². The number of nitrogens with one attached hydrogen (secondary N) is 2. The fourth-order valence-corrected chi connectivity index (χ4v) is 2.04. The van der Waals surface area contributed by atoms with Gasteiger partial charge in [-0.2, -0.15) is 0 Å². The van der Waals surface area contributed by atoms with Crippen molar-refractivity contribution in [3.05, 3.63) is 27.4 Å². The van der Waals surface area contributed by atoms with E-state index in [1.165, 1.54) is 0 Å². The molecule has 1 rings (SSSR count). The van der Waals surface area contributed by atoms with E-state index in [9.17, 15) is 9.59 Å². The molecule has 20 heavy (non-hydrogen) atoms. The van der Waals surface area contributed by atoms with Crippen LogP contribution >= 0.6 is 0 Å². The van der Waals surface area contributed by atoms with E-state index in [-0.39, 0.29) is 18.2 Å². The summed E-state index contributed by atoms with van der Waals surface area (Å²) in [6.07, 6.45) is 2.56. The van der Waals surface area contributed by atoms with Gasteiger partial charge >= 0.3 is 0 Å². The number of hydrogen-bond donors (Lipinski definition) is 3. The molecule has 0 saturated carbocycles. The molecule has 1 aromatic heterocycles. The Morgan fingerprint density at radius 1 is 1.40 bits per heavy atom. The number of aromatic nitrogens is 2. The third-order valence-electron chi connectivity index (χ3n) is 3.34. The van der Waals surface area contributed by atoms with Crippen LogP contribution in [0.4, 0.5) is 0 Å². The van der Waals surface area contributed by atoms with Crippen LogP contribution in [0.1, 0.15) is 48.1 Å². The van der Waals surface area contributed by atoms with E-state index in [1.54, 1.807) is 13.8 Å². The van der Waals surface area contributed by atoms with Crippen molar-refractivity contribution in [3.8, 4) is 0 Å². The van der Waals surface area contributed by atoms with Crippen LogP contribution in [-0.2, 0) is 0 Å². The number of aromatic amines is 1. The second kappa shape index (κ2) is 7.79. The smallest absolute Gasteiger partial charge is 0.279 e. The van der Waals surface area contributed by atoms with Crippen molar-refractivity contribution in [3.63, 3.8) is 0 Å². The fraction of sp³-hybridized carbons (Fsp3) is 0.643. The Bertz CT molecular complexity index is 505. The summed E-state index contributed by atoms with van der Waals surface area (Å²) in [4.78, 5) is 30.3. The van der Waals surface area contributed by atoms with Crippen molar-refractivity contribution in [2.24, 2.45) is 5.92 Å². The minimum atomic E-state index is -0.472. The first-order valence-corrected chi connectivity index (χ1v) is 6.96. The summed E-state index contributed by atoms with van der Waals surface area (Å²) in [6, 6.07) is 0. The van der Waals surface area contributed by atoms with Gasteiger partial charge in [0.1, 0.15) is 0 Å². The molecule has 0 radical (unpaired) electrons. The summed E-state index contributed by atoms with van der Waals surface area (Å²) in [5.74, 6) is -0.243. The first kappa shape index (κ1) is 16.4. The quantitative estimate of drug-likeness (QED) is 0.692. The van der Waals surface area contributed by atoms with Crippen molar-refractivity contribution in [1.82, 2.24) is 15.3 Å². The van der Waals surface area contributed by atoms with Gasteiger partial charge in [-0.15, -0.1) is 0 Å². The highest BCUT2D eigenvalue weighted by Gasteiger charge is 2.15. The fourth-order valence-electron chi connectivity index (χ4n) is 2.04. The van der Waals surface area contributed by atoms with Gasteiger partial charge in [-0.25, -0.2) is 4.98 Å². The minimum Gasteiger partial charge on any atom is -0.396 e. The van der Waals surface area contributed by atoms with Crippen LogP contribution in [0, 0.1) is 19.8 Å². The van der Waals surface area contributed by atoms with Crippen LogP contribution < -0.4 is 10.9 Å². The molecule has 1 heterocycles. The number of rotatable bonds is 7. The van der Waals surface area contributed by atoms with Crippen molar-refractivity contribution in [2.45, 2.75) is 40.0 Å². The molecule has 1 unspecified atom stereocenters. The largest absolute Gasteiger partial charge is 0.396 e. The van der Waals surface area contributed by atoms with Gasteiger partial charge in [0.05, 0.1) is 5.69 Å². The normalized spacial score (nSPS) is 12.2. The predicted molar refractivity (Wildman–Crippen MR) is 76.8 cm³/mol. The average Bonchev–Trinajstić information content (AvgIpc) is 2.40. The second-order valence-corrected chi connectivity index (χ2v) is 5.00. The summed E-state index contributed by atoms with van der Waals surface area (Å²) in [5.41, 5.74) is 0.720. The summed E-state index contributed by atoms with van der Waals surface area (Å²) in [6.45, 7) is 6.09. The zero-order valence-electron chi connectivity index (χ0n) is 12.3. The molecule has 0 bridgehead atoms. The van der Waals surface area contributed by atoms with E-state index in [4.69, 9.17) is 5.11 Å². The SMILES string of the molecule is CCCC(CCO)CNC(=O)c1nc(C)c(C)[nH]c1=O. The molecule has 1 aromatic rings. The van der Waals surface area contributed by atoms with Crippen molar-refractivity contribution in [1.29, 1.82) is 0 Å². The highest BCUT2D eigenvalue weighted by atomic mass is 16.3. The first-order chi connectivity index (χ1) is 9.49. The monoisotopic (exact) mass is 281 g/mol. The van der Waals surface area contributed by atoms with Gasteiger partial charge in [0, 0.05) is 18.8 Å². The van der Waals surface area contributed by atoms with Gasteiger partial charge in [0.25, 0.3) is 11.5 Å². The molecule has 0 aliphatic carbocycles. The molecular weight excluding hydrogens is 258 g/mol.